The molecule has 0 N–H and O–H groups in total. The van der Waals surface area contributed by atoms with Crippen molar-refractivity contribution in [2.45, 2.75) is 32.6 Å². The molecular weight excluding hydrogens is 180 g/mol. The maximum absolute atomic E-state index is 9.92. The highest BCUT2D eigenvalue weighted by atomic mass is 16.7. The van der Waals surface area contributed by atoms with E-state index in [1.165, 1.54) is 12.8 Å². The summed E-state index contributed by atoms with van der Waals surface area (Å²) < 4.78 is 10.4. The zero-order valence-electron chi connectivity index (χ0n) is 8.91. The van der Waals surface area contributed by atoms with Crippen molar-refractivity contribution in [3.63, 3.8) is 0 Å². The molecule has 0 heterocycles. The lowest BCUT2D eigenvalue weighted by Crippen LogP contribution is -2.01. The van der Waals surface area contributed by atoms with Crippen LogP contribution < -0.4 is 0 Å². The second-order valence-corrected chi connectivity index (χ2v) is 2.98. The van der Waals surface area contributed by atoms with Crippen LogP contribution in [0.2, 0.25) is 0 Å². The predicted molar refractivity (Wildman–Crippen MR) is 56.1 cm³/mol. The minimum Gasteiger partial charge on any atom is -0.355 e. The van der Waals surface area contributed by atoms with Crippen molar-refractivity contribution in [2.75, 3.05) is 20.0 Å². The lowest BCUT2D eigenvalue weighted by molar-refractivity contribution is -0.107. The standard InChI is InChI=1S/C11H20O3/c1-2-3-6-9-13-11-14-10-7-4-5-8-12/h4,7-8H,2-3,5-6,9-11H2,1H3. The Labute approximate surface area is 86.1 Å². The Hall–Kier alpha value is -0.670. The summed E-state index contributed by atoms with van der Waals surface area (Å²) in [5.41, 5.74) is 0. The van der Waals surface area contributed by atoms with E-state index in [-0.39, 0.29) is 0 Å². The van der Waals surface area contributed by atoms with Gasteiger partial charge in [-0.05, 0) is 6.42 Å². The number of carbonyl (C=O) groups is 1. The Morgan fingerprint density at radius 3 is 2.71 bits per heavy atom. The number of hydrogen-bond donors (Lipinski definition) is 0. The Morgan fingerprint density at radius 1 is 1.14 bits per heavy atom. The minimum atomic E-state index is 0.342. The zero-order chi connectivity index (χ0) is 10.5. The smallest absolute Gasteiger partial charge is 0.147 e. The lowest BCUT2D eigenvalue weighted by Gasteiger charge is -2.02. The normalized spacial score (nSPS) is 10.9. The number of aldehydes is 1. The summed E-state index contributed by atoms with van der Waals surface area (Å²) in [4.78, 5) is 9.92. The molecule has 0 aromatic rings. The maximum atomic E-state index is 9.92. The molecule has 0 bridgehead atoms. The monoisotopic (exact) mass is 200 g/mol. The first-order chi connectivity index (χ1) is 6.91. The molecule has 0 unspecified atom stereocenters. The van der Waals surface area contributed by atoms with E-state index in [1.54, 1.807) is 6.08 Å². The zero-order valence-corrected chi connectivity index (χ0v) is 8.91. The van der Waals surface area contributed by atoms with Gasteiger partial charge >= 0.3 is 0 Å². The molecule has 0 spiro atoms. The molecule has 0 aromatic heterocycles. The molecular formula is C11H20O3. The molecule has 3 heteroatoms. The van der Waals surface area contributed by atoms with Gasteiger partial charge in [-0.3, -0.25) is 0 Å². The molecule has 0 saturated carbocycles. The summed E-state index contributed by atoms with van der Waals surface area (Å²) in [7, 11) is 0. The van der Waals surface area contributed by atoms with E-state index in [1.807, 2.05) is 6.08 Å². The van der Waals surface area contributed by atoms with E-state index in [0.29, 0.717) is 19.8 Å². The number of ether oxygens (including phenoxy) is 2. The van der Waals surface area contributed by atoms with E-state index in [0.717, 1.165) is 19.3 Å². The molecule has 0 aliphatic carbocycles. The van der Waals surface area contributed by atoms with Crippen LogP contribution in [0.3, 0.4) is 0 Å². The summed E-state index contributed by atoms with van der Waals surface area (Å²) in [6, 6.07) is 0. The second-order valence-electron chi connectivity index (χ2n) is 2.98. The van der Waals surface area contributed by atoms with Crippen LogP contribution in [0.1, 0.15) is 32.6 Å². The van der Waals surface area contributed by atoms with Crippen molar-refractivity contribution in [1.82, 2.24) is 0 Å². The molecule has 0 fully saturated rings. The average molecular weight is 200 g/mol. The van der Waals surface area contributed by atoms with Crippen molar-refractivity contribution in [3.8, 4) is 0 Å². The fraction of sp³-hybridized carbons (Fsp3) is 0.727. The molecule has 0 radical (unpaired) electrons. The maximum Gasteiger partial charge on any atom is 0.147 e. The largest absolute Gasteiger partial charge is 0.355 e. The molecule has 0 amide bonds. The van der Waals surface area contributed by atoms with Gasteiger partial charge in [0.25, 0.3) is 0 Å². The lowest BCUT2D eigenvalue weighted by atomic mass is 10.3. The van der Waals surface area contributed by atoms with Crippen molar-refractivity contribution >= 4 is 6.29 Å². The molecule has 3 nitrogen and oxygen atoms in total. The van der Waals surface area contributed by atoms with Crippen molar-refractivity contribution in [2.24, 2.45) is 0 Å². The third-order valence-corrected chi connectivity index (χ3v) is 1.67. The first kappa shape index (κ1) is 13.3. The Kier molecular flexibility index (Phi) is 11.7. The van der Waals surface area contributed by atoms with Crippen LogP contribution in [0.4, 0.5) is 0 Å². The summed E-state index contributed by atoms with van der Waals surface area (Å²) in [6.45, 7) is 3.79. The fourth-order valence-corrected chi connectivity index (χ4v) is 0.908. The molecule has 0 rings (SSSR count). The molecule has 0 aliphatic heterocycles. The summed E-state index contributed by atoms with van der Waals surface area (Å²) >= 11 is 0. The third-order valence-electron chi connectivity index (χ3n) is 1.67. The van der Waals surface area contributed by atoms with Gasteiger partial charge in [0.1, 0.15) is 13.1 Å². The Bertz CT molecular complexity index is 143. The van der Waals surface area contributed by atoms with Crippen LogP contribution >= 0.6 is 0 Å². The Morgan fingerprint density at radius 2 is 2.00 bits per heavy atom. The number of rotatable bonds is 10. The predicted octanol–water partition coefficient (Wildman–Crippen LogP) is 2.31. The highest BCUT2D eigenvalue weighted by molar-refractivity contribution is 5.51. The van der Waals surface area contributed by atoms with Gasteiger partial charge in [-0.2, -0.15) is 0 Å². The molecule has 0 aliphatic rings. The van der Waals surface area contributed by atoms with E-state index in [9.17, 15) is 4.79 Å². The van der Waals surface area contributed by atoms with E-state index in [4.69, 9.17) is 9.47 Å². The van der Waals surface area contributed by atoms with E-state index < -0.39 is 0 Å². The molecule has 0 atom stereocenters. The number of allylic oxidation sites excluding steroid dienone is 1. The van der Waals surface area contributed by atoms with E-state index in [2.05, 4.69) is 6.92 Å². The van der Waals surface area contributed by atoms with Crippen LogP contribution in [0.25, 0.3) is 0 Å². The first-order valence-electron chi connectivity index (χ1n) is 5.16. The topological polar surface area (TPSA) is 35.5 Å². The van der Waals surface area contributed by atoms with Gasteiger partial charge in [0.2, 0.25) is 0 Å². The molecule has 0 aromatic carbocycles. The van der Waals surface area contributed by atoms with Crippen LogP contribution in [-0.2, 0) is 14.3 Å². The quantitative estimate of drug-likeness (QED) is 0.235. The number of unbranched alkanes of at least 4 members (excludes halogenated alkanes) is 2. The Balaban J connectivity index is 2.95. The summed E-state index contributed by atoms with van der Waals surface area (Å²) in [5, 5.41) is 0. The molecule has 14 heavy (non-hydrogen) atoms. The van der Waals surface area contributed by atoms with Gasteiger partial charge in [-0.1, -0.05) is 31.9 Å². The van der Waals surface area contributed by atoms with Crippen LogP contribution in [-0.4, -0.2) is 26.3 Å². The molecule has 82 valence electrons. The highest BCUT2D eigenvalue weighted by Crippen LogP contribution is 1.94. The second kappa shape index (κ2) is 12.3. The fourth-order valence-electron chi connectivity index (χ4n) is 0.908. The minimum absolute atomic E-state index is 0.342. The summed E-state index contributed by atoms with van der Waals surface area (Å²) in [6.07, 6.45) is 8.44. The van der Waals surface area contributed by atoms with Gasteiger partial charge in [0.15, 0.2) is 0 Å². The average Bonchev–Trinajstić information content (AvgIpc) is 2.21. The van der Waals surface area contributed by atoms with Crippen molar-refractivity contribution in [1.29, 1.82) is 0 Å². The van der Waals surface area contributed by atoms with Gasteiger partial charge in [-0.15, -0.1) is 0 Å². The van der Waals surface area contributed by atoms with Crippen LogP contribution in [0.15, 0.2) is 12.2 Å². The van der Waals surface area contributed by atoms with Gasteiger partial charge in [-0.25, -0.2) is 0 Å². The SMILES string of the molecule is CCCCCOCOCC=CCC=O. The highest BCUT2D eigenvalue weighted by Gasteiger charge is 1.87. The number of hydrogen-bond acceptors (Lipinski definition) is 3. The van der Waals surface area contributed by atoms with E-state index >= 15 is 0 Å². The van der Waals surface area contributed by atoms with Gasteiger partial charge < -0.3 is 14.3 Å². The van der Waals surface area contributed by atoms with Crippen LogP contribution in [0, 0.1) is 0 Å². The van der Waals surface area contributed by atoms with Crippen molar-refractivity contribution < 1.29 is 14.3 Å². The van der Waals surface area contributed by atoms with Gasteiger partial charge in [0.05, 0.1) is 6.61 Å². The summed E-state index contributed by atoms with van der Waals surface area (Å²) in [5.74, 6) is 0. The third kappa shape index (κ3) is 11.3. The van der Waals surface area contributed by atoms with Crippen LogP contribution in [0.5, 0.6) is 0 Å². The van der Waals surface area contributed by atoms with Gasteiger partial charge in [0, 0.05) is 13.0 Å². The first-order valence-corrected chi connectivity index (χ1v) is 5.16. The molecule has 0 saturated heterocycles. The van der Waals surface area contributed by atoms with Crippen molar-refractivity contribution in [3.05, 3.63) is 12.2 Å². The number of carbonyl (C=O) groups excluding carboxylic acids is 1.